The van der Waals surface area contributed by atoms with E-state index in [1.54, 1.807) is 36.8 Å². The second-order valence-electron chi connectivity index (χ2n) is 12.3. The summed E-state index contributed by atoms with van der Waals surface area (Å²) in [5.41, 5.74) is -0.678. The highest BCUT2D eigenvalue weighted by Gasteiger charge is 2.39. The SMILES string of the molecule is CCOC(=O)C(C)=C[C@H](C(C)C)N(C)C(=O)[C@@H](NC(=O)C1CCN(C(=O)OC(C)(C)C)CC1)C(C)(C)C. The van der Waals surface area contributed by atoms with Gasteiger partial charge in [-0.1, -0.05) is 40.7 Å². The van der Waals surface area contributed by atoms with E-state index in [0.29, 0.717) is 31.5 Å². The minimum Gasteiger partial charge on any atom is -0.463 e. The van der Waals surface area contributed by atoms with Crippen molar-refractivity contribution in [2.45, 2.75) is 99.8 Å². The molecule has 0 aromatic carbocycles. The number of hydrogen-bond donors (Lipinski definition) is 1. The molecule has 0 aromatic rings. The summed E-state index contributed by atoms with van der Waals surface area (Å²) in [5, 5.41) is 3.00. The molecule has 3 amide bonds. The van der Waals surface area contributed by atoms with Crippen LogP contribution in [0.2, 0.25) is 0 Å². The molecule has 1 fully saturated rings. The monoisotopic (exact) mass is 523 g/mol. The Morgan fingerprint density at radius 3 is 2.03 bits per heavy atom. The van der Waals surface area contributed by atoms with Crippen LogP contribution >= 0.6 is 0 Å². The number of nitrogens with one attached hydrogen (secondary N) is 1. The molecule has 0 aliphatic carbocycles. The fourth-order valence-electron chi connectivity index (χ4n) is 4.23. The molecule has 212 valence electrons. The first-order valence-electron chi connectivity index (χ1n) is 13.3. The predicted molar refractivity (Wildman–Crippen MR) is 144 cm³/mol. The Morgan fingerprint density at radius 2 is 1.59 bits per heavy atom. The standard InChI is InChI=1S/C28H49N3O6/c1-12-36-25(34)19(4)17-21(18(2)3)30(11)24(33)22(27(5,6)7)29-23(32)20-13-15-31(16-14-20)26(35)37-28(8,9)10/h17-18,20-22H,12-16H2,1-11H3,(H,29,32)/t21-,22-/m1/s1. The molecule has 37 heavy (non-hydrogen) atoms. The number of carbonyl (C=O) groups excluding carboxylic acids is 4. The molecular weight excluding hydrogens is 474 g/mol. The number of hydrogen-bond acceptors (Lipinski definition) is 6. The third kappa shape index (κ3) is 10.0. The van der Waals surface area contributed by atoms with Crippen molar-refractivity contribution in [2.75, 3.05) is 26.7 Å². The maximum absolute atomic E-state index is 13.7. The van der Waals surface area contributed by atoms with Gasteiger partial charge in [0.25, 0.3) is 0 Å². The number of likely N-dealkylation sites (tertiary alicyclic amines) is 1. The highest BCUT2D eigenvalue weighted by atomic mass is 16.6. The van der Waals surface area contributed by atoms with Crippen molar-refractivity contribution in [1.82, 2.24) is 15.1 Å². The van der Waals surface area contributed by atoms with E-state index in [1.807, 2.05) is 55.4 Å². The van der Waals surface area contributed by atoms with Gasteiger partial charge in [0.05, 0.1) is 12.6 Å². The fourth-order valence-corrected chi connectivity index (χ4v) is 4.23. The molecule has 1 heterocycles. The van der Waals surface area contributed by atoms with Crippen molar-refractivity contribution in [3.05, 3.63) is 11.6 Å². The molecule has 1 aliphatic rings. The van der Waals surface area contributed by atoms with Gasteiger partial charge in [-0.05, 0) is 58.8 Å². The van der Waals surface area contributed by atoms with Crippen molar-refractivity contribution in [3.8, 4) is 0 Å². The van der Waals surface area contributed by atoms with E-state index in [-0.39, 0.29) is 42.4 Å². The summed E-state index contributed by atoms with van der Waals surface area (Å²) in [7, 11) is 1.70. The van der Waals surface area contributed by atoms with Gasteiger partial charge in [0.2, 0.25) is 11.8 Å². The molecule has 0 aromatic heterocycles. The first-order chi connectivity index (χ1) is 16.9. The molecular formula is C28H49N3O6. The van der Waals surface area contributed by atoms with Crippen LogP contribution in [0.1, 0.15) is 82.1 Å². The topological polar surface area (TPSA) is 105 Å². The Balaban J connectivity index is 2.97. The van der Waals surface area contributed by atoms with Crippen LogP contribution in [-0.2, 0) is 23.9 Å². The minimum atomic E-state index is -0.758. The van der Waals surface area contributed by atoms with E-state index in [1.165, 1.54) is 0 Å². The second-order valence-corrected chi connectivity index (χ2v) is 12.3. The van der Waals surface area contributed by atoms with Crippen LogP contribution in [0.5, 0.6) is 0 Å². The normalized spacial score (nSPS) is 17.2. The van der Waals surface area contributed by atoms with Crippen molar-refractivity contribution in [2.24, 2.45) is 17.3 Å². The minimum absolute atomic E-state index is 0.0341. The van der Waals surface area contributed by atoms with Crippen LogP contribution in [-0.4, -0.2) is 78.1 Å². The number of piperidine rings is 1. The molecule has 1 N–H and O–H groups in total. The summed E-state index contributed by atoms with van der Waals surface area (Å²) < 4.78 is 10.5. The Kier molecular flexibility index (Phi) is 11.7. The zero-order chi connectivity index (χ0) is 28.7. The van der Waals surface area contributed by atoms with Crippen molar-refractivity contribution in [1.29, 1.82) is 0 Å². The van der Waals surface area contributed by atoms with Gasteiger partial charge in [-0.2, -0.15) is 0 Å². The highest BCUT2D eigenvalue weighted by molar-refractivity contribution is 5.90. The van der Waals surface area contributed by atoms with Gasteiger partial charge in [-0.3, -0.25) is 9.59 Å². The predicted octanol–water partition coefficient (Wildman–Crippen LogP) is 4.16. The third-order valence-electron chi connectivity index (χ3n) is 6.41. The molecule has 0 spiro atoms. The summed E-state index contributed by atoms with van der Waals surface area (Å²) in [6, 6.07) is -1.11. The molecule has 0 radical (unpaired) electrons. The van der Waals surface area contributed by atoms with Crippen LogP contribution in [0.4, 0.5) is 4.79 Å². The van der Waals surface area contributed by atoms with E-state index in [2.05, 4.69) is 5.32 Å². The Labute approximate surface area is 223 Å². The van der Waals surface area contributed by atoms with Gasteiger partial charge in [0.1, 0.15) is 11.6 Å². The second kappa shape index (κ2) is 13.3. The smallest absolute Gasteiger partial charge is 0.410 e. The molecule has 0 bridgehead atoms. The van der Waals surface area contributed by atoms with Crippen molar-refractivity contribution >= 4 is 23.9 Å². The molecule has 9 heteroatoms. The number of ether oxygens (including phenoxy) is 2. The van der Waals surface area contributed by atoms with Gasteiger partial charge >= 0.3 is 12.1 Å². The number of carbonyl (C=O) groups is 4. The molecule has 9 nitrogen and oxygen atoms in total. The van der Waals surface area contributed by atoms with E-state index in [9.17, 15) is 19.2 Å². The first-order valence-corrected chi connectivity index (χ1v) is 13.3. The molecule has 2 atom stereocenters. The van der Waals surface area contributed by atoms with Gasteiger partial charge in [0, 0.05) is 31.6 Å². The van der Waals surface area contributed by atoms with E-state index in [0.717, 1.165) is 0 Å². The Hall–Kier alpha value is -2.58. The van der Waals surface area contributed by atoms with Gasteiger partial charge in [-0.15, -0.1) is 0 Å². The zero-order valence-corrected chi connectivity index (χ0v) is 24.8. The fraction of sp³-hybridized carbons (Fsp3) is 0.786. The summed E-state index contributed by atoms with van der Waals surface area (Å²) in [6.07, 6.45) is 2.39. The number of esters is 1. The summed E-state index contributed by atoms with van der Waals surface area (Å²) >= 11 is 0. The quantitative estimate of drug-likeness (QED) is 0.378. The summed E-state index contributed by atoms with van der Waals surface area (Å²) in [5.74, 6) is -1.09. The van der Waals surface area contributed by atoms with Crippen LogP contribution in [0.15, 0.2) is 11.6 Å². The van der Waals surface area contributed by atoms with Crippen LogP contribution < -0.4 is 5.32 Å². The lowest BCUT2D eigenvalue weighted by Crippen LogP contribution is -2.57. The van der Waals surface area contributed by atoms with Crippen LogP contribution in [0.25, 0.3) is 0 Å². The number of nitrogens with zero attached hydrogens (tertiary/aromatic N) is 2. The zero-order valence-electron chi connectivity index (χ0n) is 24.8. The van der Waals surface area contributed by atoms with Gasteiger partial charge < -0.3 is 24.6 Å². The molecule has 1 aliphatic heterocycles. The Bertz CT molecular complexity index is 845. The molecule has 0 unspecified atom stereocenters. The van der Waals surface area contributed by atoms with Crippen LogP contribution in [0, 0.1) is 17.3 Å². The average molecular weight is 524 g/mol. The van der Waals surface area contributed by atoms with Crippen LogP contribution in [0.3, 0.4) is 0 Å². The van der Waals surface area contributed by atoms with Crippen molar-refractivity contribution < 1.29 is 28.7 Å². The first kappa shape index (κ1) is 32.4. The summed E-state index contributed by atoms with van der Waals surface area (Å²) in [4.78, 5) is 54.7. The lowest BCUT2D eigenvalue weighted by molar-refractivity contribution is -0.141. The lowest BCUT2D eigenvalue weighted by atomic mass is 9.84. The van der Waals surface area contributed by atoms with E-state index < -0.39 is 23.0 Å². The van der Waals surface area contributed by atoms with E-state index >= 15 is 0 Å². The third-order valence-corrected chi connectivity index (χ3v) is 6.41. The number of amides is 3. The number of likely N-dealkylation sites (N-methyl/N-ethyl adjacent to an activating group) is 1. The highest BCUT2D eigenvalue weighted by Crippen LogP contribution is 2.26. The van der Waals surface area contributed by atoms with Crippen molar-refractivity contribution in [3.63, 3.8) is 0 Å². The summed E-state index contributed by atoms with van der Waals surface area (Å²) in [6.45, 7) is 19.7. The van der Waals surface area contributed by atoms with E-state index in [4.69, 9.17) is 9.47 Å². The molecule has 1 rings (SSSR count). The lowest BCUT2D eigenvalue weighted by Gasteiger charge is -2.38. The number of rotatable bonds is 8. The largest absolute Gasteiger partial charge is 0.463 e. The van der Waals surface area contributed by atoms with Gasteiger partial charge in [-0.25, -0.2) is 9.59 Å². The molecule has 0 saturated carbocycles. The Morgan fingerprint density at radius 1 is 1.05 bits per heavy atom. The maximum Gasteiger partial charge on any atom is 0.410 e. The van der Waals surface area contributed by atoms with Gasteiger partial charge in [0.15, 0.2) is 0 Å². The maximum atomic E-state index is 13.7. The molecule has 1 saturated heterocycles. The average Bonchev–Trinajstić information content (AvgIpc) is 2.77.